The largest absolute Gasteiger partial charge is 0.299 e. The first kappa shape index (κ1) is 10.2. The molecule has 1 heteroatoms. The number of Topliss-reactive ketones (excluding diaryl/α,β-unsaturated/α-hetero) is 1. The fourth-order valence-corrected chi connectivity index (χ4v) is 1.54. The van der Waals surface area contributed by atoms with Gasteiger partial charge >= 0.3 is 0 Å². The third kappa shape index (κ3) is 4.07. The molecule has 0 unspecified atom stereocenters. The van der Waals surface area contributed by atoms with Crippen LogP contribution in [0.5, 0.6) is 0 Å². The molecular weight excluding hydrogens is 160 g/mol. The zero-order chi connectivity index (χ0) is 9.68. The van der Waals surface area contributed by atoms with Crippen LogP contribution < -0.4 is 0 Å². The van der Waals surface area contributed by atoms with Crippen molar-refractivity contribution in [1.82, 2.24) is 0 Å². The van der Waals surface area contributed by atoms with Crippen LogP contribution in [-0.4, -0.2) is 5.78 Å². The van der Waals surface area contributed by atoms with Crippen LogP contribution in [0.2, 0.25) is 0 Å². The topological polar surface area (TPSA) is 17.1 Å². The van der Waals surface area contributed by atoms with Crippen molar-refractivity contribution in [2.75, 3.05) is 0 Å². The summed E-state index contributed by atoms with van der Waals surface area (Å²) in [6.45, 7) is 4.25. The van der Waals surface area contributed by atoms with Crippen molar-refractivity contribution >= 4 is 5.78 Å². The Morgan fingerprint density at radius 3 is 2.77 bits per heavy atom. The van der Waals surface area contributed by atoms with E-state index in [1.165, 1.54) is 11.1 Å². The summed E-state index contributed by atoms with van der Waals surface area (Å²) >= 11 is 0. The van der Waals surface area contributed by atoms with E-state index in [0.29, 0.717) is 12.2 Å². The molecule has 0 heterocycles. The molecule has 13 heavy (non-hydrogen) atoms. The van der Waals surface area contributed by atoms with Crippen molar-refractivity contribution in [3.8, 4) is 0 Å². The third-order valence-electron chi connectivity index (χ3n) is 2.36. The molecule has 0 amide bonds. The van der Waals surface area contributed by atoms with E-state index in [1.54, 1.807) is 0 Å². The van der Waals surface area contributed by atoms with Crippen LogP contribution >= 0.6 is 0 Å². The zero-order valence-electron chi connectivity index (χ0n) is 8.60. The van der Waals surface area contributed by atoms with Crippen molar-refractivity contribution in [2.24, 2.45) is 0 Å². The Kier molecular flexibility index (Phi) is 3.94. The van der Waals surface area contributed by atoms with Gasteiger partial charge in [0.1, 0.15) is 5.78 Å². The average Bonchev–Trinajstić information content (AvgIpc) is 2.08. The average molecular weight is 178 g/mol. The maximum absolute atomic E-state index is 10.9. The van der Waals surface area contributed by atoms with Gasteiger partial charge in [-0.3, -0.25) is 4.79 Å². The van der Waals surface area contributed by atoms with Crippen LogP contribution in [0.25, 0.3) is 0 Å². The second kappa shape index (κ2) is 5.00. The molecule has 1 aliphatic carbocycles. The van der Waals surface area contributed by atoms with Crippen LogP contribution in [-0.2, 0) is 4.79 Å². The van der Waals surface area contributed by atoms with Gasteiger partial charge in [0.25, 0.3) is 0 Å². The maximum Gasteiger partial charge on any atom is 0.136 e. The summed E-state index contributed by atoms with van der Waals surface area (Å²) in [6.07, 6.45) is 9.07. The molecular formula is C12H18O. The minimum atomic E-state index is 0.394. The molecule has 0 aromatic rings. The number of allylic oxidation sites excluding steroid dienone is 4. The molecule has 0 aromatic heterocycles. The zero-order valence-corrected chi connectivity index (χ0v) is 8.60. The van der Waals surface area contributed by atoms with E-state index >= 15 is 0 Å². The minimum Gasteiger partial charge on any atom is -0.299 e. The van der Waals surface area contributed by atoms with E-state index in [1.807, 2.05) is 0 Å². The summed E-state index contributed by atoms with van der Waals surface area (Å²) in [7, 11) is 0. The summed E-state index contributed by atoms with van der Waals surface area (Å²) in [5, 5.41) is 0. The molecule has 0 aliphatic heterocycles. The molecule has 1 rings (SSSR count). The summed E-state index contributed by atoms with van der Waals surface area (Å²) in [6, 6.07) is 0. The highest BCUT2D eigenvalue weighted by molar-refractivity contribution is 5.81. The predicted molar refractivity (Wildman–Crippen MR) is 55.6 cm³/mol. The van der Waals surface area contributed by atoms with Gasteiger partial charge in [-0.05, 0) is 33.1 Å². The Morgan fingerprint density at radius 1 is 1.46 bits per heavy atom. The van der Waals surface area contributed by atoms with E-state index in [9.17, 15) is 4.79 Å². The van der Waals surface area contributed by atoms with Crippen LogP contribution in [0, 0.1) is 0 Å². The predicted octanol–water partition coefficient (Wildman–Crippen LogP) is 3.41. The lowest BCUT2D eigenvalue weighted by Gasteiger charge is -2.10. The first-order valence-corrected chi connectivity index (χ1v) is 5.01. The monoisotopic (exact) mass is 178 g/mol. The number of rotatable bonds is 3. The second-order valence-electron chi connectivity index (χ2n) is 3.93. The summed E-state index contributed by atoms with van der Waals surface area (Å²) in [5.74, 6) is 0.394. The molecule has 0 fully saturated rings. The van der Waals surface area contributed by atoms with Gasteiger partial charge in [0.05, 0.1) is 0 Å². The van der Waals surface area contributed by atoms with E-state index in [0.717, 1.165) is 25.7 Å². The van der Waals surface area contributed by atoms with Crippen LogP contribution in [0.15, 0.2) is 23.3 Å². The molecule has 0 N–H and O–H groups in total. The molecule has 0 spiro atoms. The lowest BCUT2D eigenvalue weighted by atomic mass is 9.95. The van der Waals surface area contributed by atoms with Gasteiger partial charge in [0.15, 0.2) is 0 Å². The minimum absolute atomic E-state index is 0.394. The van der Waals surface area contributed by atoms with Crippen molar-refractivity contribution in [1.29, 1.82) is 0 Å². The van der Waals surface area contributed by atoms with E-state index in [2.05, 4.69) is 26.0 Å². The number of carbonyl (C=O) groups is 1. The first-order valence-electron chi connectivity index (χ1n) is 5.01. The Morgan fingerprint density at radius 2 is 2.23 bits per heavy atom. The summed E-state index contributed by atoms with van der Waals surface area (Å²) < 4.78 is 0. The molecule has 1 nitrogen and oxygen atoms in total. The SMILES string of the molecule is CC(C)=CCCC1=CCC(=O)CC1. The number of hydrogen-bond donors (Lipinski definition) is 0. The van der Waals surface area contributed by atoms with Crippen molar-refractivity contribution in [3.63, 3.8) is 0 Å². The third-order valence-corrected chi connectivity index (χ3v) is 2.36. The smallest absolute Gasteiger partial charge is 0.136 e. The molecule has 0 bridgehead atoms. The highest BCUT2D eigenvalue weighted by Gasteiger charge is 2.08. The molecule has 0 saturated heterocycles. The Balaban J connectivity index is 2.30. The van der Waals surface area contributed by atoms with Crippen LogP contribution in [0.3, 0.4) is 0 Å². The van der Waals surface area contributed by atoms with Crippen LogP contribution in [0.4, 0.5) is 0 Å². The fourth-order valence-electron chi connectivity index (χ4n) is 1.54. The Hall–Kier alpha value is -0.850. The standard InChI is InChI=1S/C12H18O/c1-10(2)4-3-5-11-6-8-12(13)9-7-11/h4,6H,3,5,7-9H2,1-2H3. The van der Waals surface area contributed by atoms with Crippen molar-refractivity contribution in [3.05, 3.63) is 23.3 Å². The number of ketones is 1. The van der Waals surface area contributed by atoms with Gasteiger partial charge in [-0.15, -0.1) is 0 Å². The van der Waals surface area contributed by atoms with E-state index in [-0.39, 0.29) is 0 Å². The van der Waals surface area contributed by atoms with E-state index < -0.39 is 0 Å². The summed E-state index contributed by atoms with van der Waals surface area (Å²) in [4.78, 5) is 10.9. The lowest BCUT2D eigenvalue weighted by molar-refractivity contribution is -0.118. The van der Waals surface area contributed by atoms with E-state index in [4.69, 9.17) is 0 Å². The first-order chi connectivity index (χ1) is 6.18. The number of carbonyl (C=O) groups excluding carboxylic acids is 1. The molecule has 0 atom stereocenters. The highest BCUT2D eigenvalue weighted by Crippen LogP contribution is 2.19. The molecule has 72 valence electrons. The fraction of sp³-hybridized carbons (Fsp3) is 0.583. The summed E-state index contributed by atoms with van der Waals surface area (Å²) in [5.41, 5.74) is 2.85. The lowest BCUT2D eigenvalue weighted by Crippen LogP contribution is -2.03. The molecule has 0 aromatic carbocycles. The van der Waals surface area contributed by atoms with Gasteiger partial charge in [0.2, 0.25) is 0 Å². The second-order valence-corrected chi connectivity index (χ2v) is 3.93. The quantitative estimate of drug-likeness (QED) is 0.605. The van der Waals surface area contributed by atoms with Crippen molar-refractivity contribution < 1.29 is 4.79 Å². The van der Waals surface area contributed by atoms with Gasteiger partial charge in [-0.25, -0.2) is 0 Å². The molecule has 0 radical (unpaired) electrons. The van der Waals surface area contributed by atoms with Gasteiger partial charge < -0.3 is 0 Å². The van der Waals surface area contributed by atoms with Gasteiger partial charge in [-0.1, -0.05) is 23.3 Å². The van der Waals surface area contributed by atoms with Gasteiger partial charge in [-0.2, -0.15) is 0 Å². The van der Waals surface area contributed by atoms with Crippen molar-refractivity contribution in [2.45, 2.75) is 46.0 Å². The Bertz CT molecular complexity index is 242. The number of hydrogen-bond acceptors (Lipinski definition) is 1. The molecule has 0 saturated carbocycles. The Labute approximate surface area is 80.5 Å². The molecule has 1 aliphatic rings. The highest BCUT2D eigenvalue weighted by atomic mass is 16.1. The van der Waals surface area contributed by atoms with Gasteiger partial charge in [0, 0.05) is 12.8 Å². The van der Waals surface area contributed by atoms with Crippen LogP contribution in [0.1, 0.15) is 46.0 Å². The maximum atomic E-state index is 10.9. The normalized spacial score (nSPS) is 16.8.